The van der Waals surface area contributed by atoms with Gasteiger partial charge in [0.15, 0.2) is 0 Å². The molecule has 0 unspecified atom stereocenters. The molecule has 2 heterocycles. The van der Waals surface area contributed by atoms with E-state index in [2.05, 4.69) is 181 Å². The van der Waals surface area contributed by atoms with Gasteiger partial charge >= 0.3 is 0 Å². The predicted octanol–water partition coefficient (Wildman–Crippen LogP) is 14.6. The molecule has 0 fully saturated rings. The topological polar surface area (TPSA) is 29.5 Å². The predicted molar refractivity (Wildman–Crippen MR) is 222 cm³/mol. The molecule has 0 atom stereocenters. The molecule has 3 nitrogen and oxygen atoms in total. The van der Waals surface area contributed by atoms with Gasteiger partial charge in [0.25, 0.3) is 0 Å². The zero-order valence-electron chi connectivity index (χ0n) is 28.7. The van der Waals surface area contributed by atoms with Gasteiger partial charge in [-0.1, -0.05) is 115 Å². The Labute approximate surface area is 305 Å². The molecule has 0 saturated heterocycles. The van der Waals surface area contributed by atoms with E-state index in [1.54, 1.807) is 0 Å². The number of benzene rings is 9. The summed E-state index contributed by atoms with van der Waals surface area (Å²) < 4.78 is 13.0. The zero-order valence-corrected chi connectivity index (χ0v) is 28.7. The van der Waals surface area contributed by atoms with Crippen LogP contribution in [0, 0.1) is 0 Å². The minimum Gasteiger partial charge on any atom is -0.456 e. The zero-order chi connectivity index (χ0) is 34.9. The lowest BCUT2D eigenvalue weighted by Crippen LogP contribution is -2.09. The molecule has 11 rings (SSSR count). The van der Waals surface area contributed by atoms with Gasteiger partial charge in [0.05, 0.1) is 0 Å². The van der Waals surface area contributed by atoms with E-state index >= 15 is 0 Å². The Morgan fingerprint density at radius 2 is 0.943 bits per heavy atom. The van der Waals surface area contributed by atoms with Crippen molar-refractivity contribution in [2.45, 2.75) is 0 Å². The first kappa shape index (κ1) is 29.6. The number of hydrogen-bond donors (Lipinski definition) is 0. The molecule has 3 heteroatoms. The summed E-state index contributed by atoms with van der Waals surface area (Å²) in [6.45, 7) is 0. The number of rotatable bonds is 5. The molecule has 9 aromatic carbocycles. The first-order valence-electron chi connectivity index (χ1n) is 18.0. The minimum atomic E-state index is 0.857. The van der Waals surface area contributed by atoms with E-state index in [9.17, 15) is 0 Å². The van der Waals surface area contributed by atoms with E-state index in [0.717, 1.165) is 82.8 Å². The fourth-order valence-corrected chi connectivity index (χ4v) is 8.06. The maximum atomic E-state index is 6.77. The third kappa shape index (κ3) is 4.82. The average molecular weight is 678 g/mol. The molecule has 248 valence electrons. The van der Waals surface area contributed by atoms with Crippen molar-refractivity contribution < 1.29 is 8.83 Å². The normalized spacial score (nSPS) is 11.8. The molecule has 11 aromatic rings. The molecule has 0 bridgehead atoms. The first-order valence-corrected chi connectivity index (χ1v) is 18.0. The number of fused-ring (bicyclic) bond motifs is 9. The Kier molecular flexibility index (Phi) is 6.55. The molecule has 0 N–H and O–H groups in total. The summed E-state index contributed by atoms with van der Waals surface area (Å²) in [5, 5.41) is 9.13. The highest BCUT2D eigenvalue weighted by molar-refractivity contribution is 6.22. The molecule has 0 aliphatic carbocycles. The molecular weight excluding hydrogens is 647 g/mol. The van der Waals surface area contributed by atoms with E-state index < -0.39 is 0 Å². The SMILES string of the molecule is c1ccc(N(c2ccc(-c3ccc4ccccc4c3)cc2)c2ccc3oc4c5ccccc5cc(-c5ccc6oc7ccccc7c6c5)c4c3c2)cc1. The maximum absolute atomic E-state index is 6.77. The number of hydrogen-bond acceptors (Lipinski definition) is 3. The molecule has 0 aliphatic rings. The van der Waals surface area contributed by atoms with Gasteiger partial charge in [-0.25, -0.2) is 0 Å². The fourth-order valence-electron chi connectivity index (χ4n) is 8.06. The van der Waals surface area contributed by atoms with Crippen molar-refractivity contribution in [3.8, 4) is 22.3 Å². The fraction of sp³-hybridized carbons (Fsp3) is 0. The second kappa shape index (κ2) is 11.7. The maximum Gasteiger partial charge on any atom is 0.143 e. The minimum absolute atomic E-state index is 0.857. The van der Waals surface area contributed by atoms with Gasteiger partial charge in [-0.2, -0.15) is 0 Å². The van der Waals surface area contributed by atoms with Gasteiger partial charge in [-0.05, 0) is 111 Å². The molecule has 0 amide bonds. The summed E-state index contributed by atoms with van der Waals surface area (Å²) in [6, 6.07) is 66.8. The van der Waals surface area contributed by atoms with E-state index in [0.29, 0.717) is 0 Å². The van der Waals surface area contributed by atoms with Crippen LogP contribution in [0.1, 0.15) is 0 Å². The smallest absolute Gasteiger partial charge is 0.143 e. The third-order valence-electron chi connectivity index (χ3n) is 10.6. The molecule has 0 radical (unpaired) electrons. The van der Waals surface area contributed by atoms with Crippen molar-refractivity contribution in [2.24, 2.45) is 0 Å². The molecule has 0 spiro atoms. The highest BCUT2D eigenvalue weighted by Crippen LogP contribution is 2.45. The summed E-state index contributed by atoms with van der Waals surface area (Å²) >= 11 is 0. The van der Waals surface area contributed by atoms with Gasteiger partial charge in [0.1, 0.15) is 22.3 Å². The van der Waals surface area contributed by atoms with Gasteiger partial charge < -0.3 is 13.7 Å². The van der Waals surface area contributed by atoms with Crippen LogP contribution in [0.4, 0.5) is 17.1 Å². The van der Waals surface area contributed by atoms with Gasteiger partial charge in [-0.3, -0.25) is 0 Å². The number of furan rings is 2. The van der Waals surface area contributed by atoms with Crippen molar-refractivity contribution in [2.75, 3.05) is 4.90 Å². The van der Waals surface area contributed by atoms with Crippen LogP contribution >= 0.6 is 0 Å². The van der Waals surface area contributed by atoms with Crippen molar-refractivity contribution in [1.29, 1.82) is 0 Å². The Bertz CT molecular complexity index is 3170. The molecule has 2 aromatic heterocycles. The van der Waals surface area contributed by atoms with Gasteiger partial charge in [-0.15, -0.1) is 0 Å². The second-order valence-corrected chi connectivity index (χ2v) is 13.7. The van der Waals surface area contributed by atoms with E-state index in [1.807, 2.05) is 12.1 Å². The van der Waals surface area contributed by atoms with Crippen LogP contribution in [-0.2, 0) is 0 Å². The van der Waals surface area contributed by atoms with Crippen molar-refractivity contribution >= 4 is 82.5 Å². The highest BCUT2D eigenvalue weighted by atomic mass is 16.3. The van der Waals surface area contributed by atoms with Crippen LogP contribution in [0.3, 0.4) is 0 Å². The van der Waals surface area contributed by atoms with Crippen molar-refractivity contribution in [3.05, 3.63) is 188 Å². The Morgan fingerprint density at radius 3 is 1.81 bits per heavy atom. The summed E-state index contributed by atoms with van der Waals surface area (Å²) in [5.74, 6) is 0. The van der Waals surface area contributed by atoms with Crippen molar-refractivity contribution in [1.82, 2.24) is 0 Å². The largest absolute Gasteiger partial charge is 0.456 e. The van der Waals surface area contributed by atoms with E-state index in [1.165, 1.54) is 21.9 Å². The van der Waals surface area contributed by atoms with E-state index in [-0.39, 0.29) is 0 Å². The van der Waals surface area contributed by atoms with Crippen LogP contribution in [-0.4, -0.2) is 0 Å². The summed E-state index contributed by atoms with van der Waals surface area (Å²) in [4.78, 5) is 2.33. The molecule has 0 saturated carbocycles. The van der Waals surface area contributed by atoms with Gasteiger partial charge in [0.2, 0.25) is 0 Å². The Morgan fingerprint density at radius 1 is 0.321 bits per heavy atom. The van der Waals surface area contributed by atoms with Gasteiger partial charge in [0, 0.05) is 44.0 Å². The first-order chi connectivity index (χ1) is 26.2. The van der Waals surface area contributed by atoms with Crippen LogP contribution in [0.15, 0.2) is 197 Å². The Hall–Kier alpha value is -7.10. The number of para-hydroxylation sites is 2. The molecule has 0 aliphatic heterocycles. The molecular formula is C50H31NO2. The van der Waals surface area contributed by atoms with Crippen molar-refractivity contribution in [3.63, 3.8) is 0 Å². The monoisotopic (exact) mass is 677 g/mol. The summed E-state index contributed by atoms with van der Waals surface area (Å²) in [7, 11) is 0. The van der Waals surface area contributed by atoms with Crippen LogP contribution < -0.4 is 4.90 Å². The Balaban J connectivity index is 1.10. The lowest BCUT2D eigenvalue weighted by molar-refractivity contribution is 0.669. The highest BCUT2D eigenvalue weighted by Gasteiger charge is 2.20. The third-order valence-corrected chi connectivity index (χ3v) is 10.6. The molecule has 53 heavy (non-hydrogen) atoms. The standard InChI is InChI=1S/C50H31NO2/c1-2-13-38(14-3-1)51(39-23-20-33(21-24-39)35-19-18-32-10-4-5-11-34(32)28-35)40-25-27-48-45(31-40)49-43(29-36-12-6-7-15-41(36)50(49)53-48)37-22-26-47-44(30-37)42-16-8-9-17-46(42)52-47/h1-31H. The average Bonchev–Trinajstić information content (AvgIpc) is 3.80. The van der Waals surface area contributed by atoms with E-state index in [4.69, 9.17) is 8.83 Å². The van der Waals surface area contributed by atoms with Crippen LogP contribution in [0.25, 0.3) is 87.7 Å². The second-order valence-electron chi connectivity index (χ2n) is 13.7. The lowest BCUT2D eigenvalue weighted by atomic mass is 9.94. The summed E-state index contributed by atoms with van der Waals surface area (Å²) in [6.07, 6.45) is 0. The summed E-state index contributed by atoms with van der Waals surface area (Å²) in [5.41, 5.74) is 11.4. The lowest BCUT2D eigenvalue weighted by Gasteiger charge is -2.25. The quantitative estimate of drug-likeness (QED) is 0.182. The van der Waals surface area contributed by atoms with Crippen LogP contribution in [0.5, 0.6) is 0 Å². The number of nitrogens with zero attached hydrogens (tertiary/aromatic N) is 1. The number of anilines is 3. The van der Waals surface area contributed by atoms with Crippen LogP contribution in [0.2, 0.25) is 0 Å².